The lowest BCUT2D eigenvalue weighted by atomic mass is 10.2. The minimum atomic E-state index is -0.129. The fourth-order valence-corrected chi connectivity index (χ4v) is 1.68. The van der Waals surface area contributed by atoms with Crippen LogP contribution in [-0.4, -0.2) is 24.4 Å². The molecule has 0 radical (unpaired) electrons. The summed E-state index contributed by atoms with van der Waals surface area (Å²) in [5.41, 5.74) is 0.541. The molecule has 1 N–H and O–H groups in total. The van der Waals surface area contributed by atoms with Gasteiger partial charge >= 0.3 is 0 Å². The first kappa shape index (κ1) is 13.5. The monoisotopic (exact) mass is 349 g/mol. The van der Waals surface area contributed by atoms with Crippen LogP contribution in [0, 0.1) is 0 Å². The van der Waals surface area contributed by atoms with Gasteiger partial charge in [-0.25, -0.2) is 0 Å². The van der Waals surface area contributed by atoms with Crippen LogP contribution in [0.5, 0.6) is 5.75 Å². The number of carbonyl (C=O) groups is 1. The Balaban J connectivity index is 2.82. The maximum atomic E-state index is 11.8. The second kappa shape index (κ2) is 6.25. The number of hydrogen-bond donors (Lipinski definition) is 1. The third-order valence-electron chi connectivity index (χ3n) is 1.95. The molecule has 0 aliphatic carbocycles. The van der Waals surface area contributed by atoms with Crippen LogP contribution < -0.4 is 10.1 Å². The first-order valence-electron chi connectivity index (χ1n) is 4.80. The molecule has 1 amide bonds. The minimum absolute atomic E-state index is 0.129. The Morgan fingerprint density at radius 1 is 1.56 bits per heavy atom. The van der Waals surface area contributed by atoms with E-state index in [9.17, 15) is 4.79 Å². The second-order valence-corrected chi connectivity index (χ2v) is 5.81. The van der Waals surface area contributed by atoms with Crippen molar-refractivity contribution >= 4 is 37.8 Å². The zero-order valence-corrected chi connectivity index (χ0v) is 12.3. The quantitative estimate of drug-likeness (QED) is 0.848. The number of ether oxygens (including phenoxy) is 1. The maximum Gasteiger partial charge on any atom is 0.255 e. The van der Waals surface area contributed by atoms with Gasteiger partial charge in [0.05, 0.1) is 12.7 Å². The van der Waals surface area contributed by atoms with Crippen molar-refractivity contribution in [3.63, 3.8) is 0 Å². The molecule has 3 nitrogen and oxygen atoms in total. The lowest BCUT2D eigenvalue weighted by molar-refractivity contribution is 0.0951. The van der Waals surface area contributed by atoms with E-state index in [1.54, 1.807) is 19.2 Å². The molecule has 16 heavy (non-hydrogen) atoms. The summed E-state index contributed by atoms with van der Waals surface area (Å²) < 4.78 is 6.04. The van der Waals surface area contributed by atoms with E-state index in [4.69, 9.17) is 4.74 Å². The van der Waals surface area contributed by atoms with Gasteiger partial charge in [0.2, 0.25) is 0 Å². The van der Waals surface area contributed by atoms with Crippen molar-refractivity contribution in [2.45, 2.75) is 11.8 Å². The van der Waals surface area contributed by atoms with Crippen LogP contribution in [0.4, 0.5) is 0 Å². The minimum Gasteiger partial charge on any atom is -0.496 e. The molecule has 0 bridgehead atoms. The molecule has 0 fully saturated rings. The van der Waals surface area contributed by atoms with Crippen molar-refractivity contribution in [1.29, 1.82) is 0 Å². The highest BCUT2D eigenvalue weighted by Crippen LogP contribution is 2.23. The Morgan fingerprint density at radius 2 is 2.25 bits per heavy atom. The smallest absolute Gasteiger partial charge is 0.255 e. The third kappa shape index (κ3) is 3.79. The van der Waals surface area contributed by atoms with E-state index < -0.39 is 0 Å². The predicted molar refractivity (Wildman–Crippen MR) is 71.4 cm³/mol. The molecule has 0 aliphatic rings. The zero-order valence-electron chi connectivity index (χ0n) is 9.09. The first-order chi connectivity index (χ1) is 7.54. The number of benzene rings is 1. The Hall–Kier alpha value is -0.550. The van der Waals surface area contributed by atoms with Crippen LogP contribution in [0.1, 0.15) is 17.3 Å². The Morgan fingerprint density at radius 3 is 2.81 bits per heavy atom. The Labute approximate surface area is 112 Å². The largest absolute Gasteiger partial charge is 0.496 e. The van der Waals surface area contributed by atoms with Crippen LogP contribution in [0.25, 0.3) is 0 Å². The van der Waals surface area contributed by atoms with Crippen molar-refractivity contribution in [2.75, 3.05) is 13.7 Å². The van der Waals surface area contributed by atoms with E-state index in [-0.39, 0.29) is 10.7 Å². The molecule has 0 aliphatic heterocycles. The van der Waals surface area contributed by atoms with Gasteiger partial charge in [0.25, 0.3) is 5.91 Å². The molecule has 1 rings (SSSR count). The Kier molecular flexibility index (Phi) is 5.28. The molecular formula is C11H13Br2NO2. The fourth-order valence-electron chi connectivity index (χ4n) is 1.18. The summed E-state index contributed by atoms with van der Waals surface area (Å²) in [6, 6.07) is 5.32. The molecule has 1 aromatic carbocycles. The number of alkyl halides is 1. The fraction of sp³-hybridized carbons (Fsp3) is 0.364. The molecule has 0 spiro atoms. The van der Waals surface area contributed by atoms with Gasteiger partial charge in [0, 0.05) is 15.8 Å². The normalized spacial score (nSPS) is 12.0. The van der Waals surface area contributed by atoms with E-state index >= 15 is 0 Å². The van der Waals surface area contributed by atoms with E-state index in [0.717, 1.165) is 4.47 Å². The van der Waals surface area contributed by atoms with Crippen molar-refractivity contribution in [3.8, 4) is 5.75 Å². The van der Waals surface area contributed by atoms with E-state index in [0.29, 0.717) is 17.9 Å². The average molecular weight is 351 g/mol. The number of amides is 1. The molecule has 0 aromatic heterocycles. The van der Waals surface area contributed by atoms with E-state index in [1.807, 2.05) is 13.0 Å². The van der Waals surface area contributed by atoms with Crippen LogP contribution in [0.3, 0.4) is 0 Å². The number of halogens is 2. The lowest BCUT2D eigenvalue weighted by Crippen LogP contribution is -2.28. The van der Waals surface area contributed by atoms with Crippen LogP contribution in [0.15, 0.2) is 22.7 Å². The van der Waals surface area contributed by atoms with Gasteiger partial charge in [0.1, 0.15) is 5.75 Å². The maximum absolute atomic E-state index is 11.8. The molecule has 0 saturated carbocycles. The number of methoxy groups -OCH3 is 1. The highest BCUT2D eigenvalue weighted by atomic mass is 79.9. The first-order valence-corrected chi connectivity index (χ1v) is 6.51. The highest BCUT2D eigenvalue weighted by Gasteiger charge is 2.12. The van der Waals surface area contributed by atoms with Gasteiger partial charge in [-0.1, -0.05) is 38.8 Å². The van der Waals surface area contributed by atoms with Gasteiger partial charge in [-0.15, -0.1) is 0 Å². The zero-order chi connectivity index (χ0) is 12.1. The number of nitrogens with one attached hydrogen (secondary N) is 1. The molecule has 1 atom stereocenters. The summed E-state index contributed by atoms with van der Waals surface area (Å²) in [6.07, 6.45) is 0. The van der Waals surface area contributed by atoms with E-state index in [2.05, 4.69) is 37.2 Å². The SMILES string of the molecule is COc1cc(Br)ccc1C(=O)NCC(C)Br. The molecule has 1 unspecified atom stereocenters. The van der Waals surface area contributed by atoms with Crippen molar-refractivity contribution < 1.29 is 9.53 Å². The summed E-state index contributed by atoms with van der Waals surface area (Å²) in [6.45, 7) is 2.55. The van der Waals surface area contributed by atoms with Crippen LogP contribution >= 0.6 is 31.9 Å². The summed E-state index contributed by atoms with van der Waals surface area (Å²) >= 11 is 6.70. The molecule has 1 aromatic rings. The van der Waals surface area contributed by atoms with Crippen LogP contribution in [0.2, 0.25) is 0 Å². The molecular weight excluding hydrogens is 338 g/mol. The molecule has 0 saturated heterocycles. The third-order valence-corrected chi connectivity index (χ3v) is 2.77. The topological polar surface area (TPSA) is 38.3 Å². The van der Waals surface area contributed by atoms with E-state index in [1.165, 1.54) is 0 Å². The Bertz CT molecular complexity index is 380. The van der Waals surface area contributed by atoms with Crippen molar-refractivity contribution in [3.05, 3.63) is 28.2 Å². The second-order valence-electron chi connectivity index (χ2n) is 3.34. The van der Waals surface area contributed by atoms with Gasteiger partial charge in [0.15, 0.2) is 0 Å². The van der Waals surface area contributed by atoms with Gasteiger partial charge in [-0.2, -0.15) is 0 Å². The number of hydrogen-bond acceptors (Lipinski definition) is 2. The number of rotatable bonds is 4. The lowest BCUT2D eigenvalue weighted by Gasteiger charge is -2.10. The van der Waals surface area contributed by atoms with Crippen molar-refractivity contribution in [1.82, 2.24) is 5.32 Å². The summed E-state index contributed by atoms with van der Waals surface area (Å²) in [4.78, 5) is 12.1. The average Bonchev–Trinajstić information content (AvgIpc) is 2.25. The molecule has 5 heteroatoms. The summed E-state index contributed by atoms with van der Waals surface area (Å²) in [7, 11) is 1.55. The standard InChI is InChI=1S/C11H13Br2NO2/c1-7(12)6-14-11(15)9-4-3-8(13)5-10(9)16-2/h3-5,7H,6H2,1-2H3,(H,14,15). The molecule has 0 heterocycles. The van der Waals surface area contributed by atoms with Gasteiger partial charge in [-0.3, -0.25) is 4.79 Å². The van der Waals surface area contributed by atoms with Crippen LogP contribution in [-0.2, 0) is 0 Å². The molecule has 88 valence electrons. The van der Waals surface area contributed by atoms with Gasteiger partial charge in [-0.05, 0) is 18.2 Å². The summed E-state index contributed by atoms with van der Waals surface area (Å²) in [5.74, 6) is 0.435. The number of carbonyl (C=O) groups excluding carboxylic acids is 1. The van der Waals surface area contributed by atoms with Gasteiger partial charge < -0.3 is 10.1 Å². The van der Waals surface area contributed by atoms with Crippen molar-refractivity contribution in [2.24, 2.45) is 0 Å². The highest BCUT2D eigenvalue weighted by molar-refractivity contribution is 9.10. The summed E-state index contributed by atoms with van der Waals surface area (Å²) in [5, 5.41) is 2.81. The predicted octanol–water partition coefficient (Wildman–Crippen LogP) is 2.97.